The first kappa shape index (κ1) is 13.1. The fraction of sp³-hybridized carbons (Fsp3) is 0.357. The molecule has 4 heteroatoms. The minimum Gasteiger partial charge on any atom is -0.497 e. The van der Waals surface area contributed by atoms with E-state index in [-0.39, 0.29) is 12.1 Å². The molecule has 96 valence electrons. The Morgan fingerprint density at radius 1 is 1.17 bits per heavy atom. The second kappa shape index (κ2) is 5.98. The number of benzene rings is 1. The molecule has 18 heavy (non-hydrogen) atoms. The van der Waals surface area contributed by atoms with Crippen LogP contribution in [0.4, 0.5) is 0 Å². The fourth-order valence-corrected chi connectivity index (χ4v) is 2.54. The summed E-state index contributed by atoms with van der Waals surface area (Å²) in [5, 5.41) is 6.67. The molecule has 1 heterocycles. The van der Waals surface area contributed by atoms with E-state index in [9.17, 15) is 0 Å². The fourth-order valence-electron chi connectivity index (χ4n) is 1.88. The molecule has 0 saturated heterocycles. The molecule has 0 spiro atoms. The van der Waals surface area contributed by atoms with Crippen LogP contribution in [0.25, 0.3) is 0 Å². The standard InChI is InChI=1S/C14H18N2OS/c1-10(12-4-6-13(17-3)7-5-12)16-11(2)14-15-8-9-18-14/h4-11,16H,1-3H3/t10-,11?/m0/s1. The van der Waals surface area contributed by atoms with Crippen molar-refractivity contribution >= 4 is 11.3 Å². The third-order valence-electron chi connectivity index (χ3n) is 2.94. The van der Waals surface area contributed by atoms with Crippen LogP contribution in [0.1, 0.15) is 36.5 Å². The minimum absolute atomic E-state index is 0.266. The molecule has 0 amide bonds. The van der Waals surface area contributed by atoms with Gasteiger partial charge in [0.05, 0.1) is 13.2 Å². The van der Waals surface area contributed by atoms with Crippen LogP contribution in [-0.2, 0) is 0 Å². The largest absolute Gasteiger partial charge is 0.497 e. The summed E-state index contributed by atoms with van der Waals surface area (Å²) in [4.78, 5) is 4.33. The molecule has 2 rings (SSSR count). The van der Waals surface area contributed by atoms with Gasteiger partial charge in [0.1, 0.15) is 10.8 Å². The van der Waals surface area contributed by atoms with Crippen molar-refractivity contribution in [1.82, 2.24) is 10.3 Å². The zero-order valence-corrected chi connectivity index (χ0v) is 11.7. The third kappa shape index (κ3) is 3.09. The summed E-state index contributed by atoms with van der Waals surface area (Å²) in [5.74, 6) is 0.888. The van der Waals surface area contributed by atoms with Crippen LogP contribution in [-0.4, -0.2) is 12.1 Å². The van der Waals surface area contributed by atoms with E-state index in [4.69, 9.17) is 4.74 Å². The van der Waals surface area contributed by atoms with Gasteiger partial charge in [0.15, 0.2) is 0 Å². The highest BCUT2D eigenvalue weighted by Gasteiger charge is 2.12. The lowest BCUT2D eigenvalue weighted by Crippen LogP contribution is -2.22. The maximum Gasteiger partial charge on any atom is 0.118 e. The highest BCUT2D eigenvalue weighted by molar-refractivity contribution is 7.09. The number of hydrogen-bond acceptors (Lipinski definition) is 4. The monoisotopic (exact) mass is 262 g/mol. The maximum absolute atomic E-state index is 5.16. The van der Waals surface area contributed by atoms with Gasteiger partial charge in [-0.1, -0.05) is 12.1 Å². The lowest BCUT2D eigenvalue weighted by Gasteiger charge is -2.19. The third-order valence-corrected chi connectivity index (χ3v) is 3.90. The molecule has 3 nitrogen and oxygen atoms in total. The number of methoxy groups -OCH3 is 1. The van der Waals surface area contributed by atoms with E-state index in [1.807, 2.05) is 23.7 Å². The predicted molar refractivity (Wildman–Crippen MR) is 75.1 cm³/mol. The van der Waals surface area contributed by atoms with E-state index >= 15 is 0 Å². The zero-order valence-electron chi connectivity index (χ0n) is 10.9. The quantitative estimate of drug-likeness (QED) is 0.894. The Kier molecular flexibility index (Phi) is 4.33. The molecule has 1 N–H and O–H groups in total. The van der Waals surface area contributed by atoms with E-state index in [0.29, 0.717) is 0 Å². The SMILES string of the molecule is COc1ccc([C@H](C)NC(C)c2nccs2)cc1. The van der Waals surface area contributed by atoms with Gasteiger partial charge in [-0.05, 0) is 31.5 Å². The number of aromatic nitrogens is 1. The lowest BCUT2D eigenvalue weighted by atomic mass is 10.1. The summed E-state index contributed by atoms with van der Waals surface area (Å²) < 4.78 is 5.16. The number of nitrogens with one attached hydrogen (secondary N) is 1. The summed E-state index contributed by atoms with van der Waals surface area (Å²) in [6.07, 6.45) is 1.84. The van der Waals surface area contributed by atoms with Gasteiger partial charge in [-0.2, -0.15) is 0 Å². The van der Waals surface area contributed by atoms with E-state index in [1.54, 1.807) is 18.4 Å². The smallest absolute Gasteiger partial charge is 0.118 e. The predicted octanol–water partition coefficient (Wildman–Crippen LogP) is 3.56. The van der Waals surface area contributed by atoms with Crippen LogP contribution < -0.4 is 10.1 Å². The van der Waals surface area contributed by atoms with Gasteiger partial charge in [-0.3, -0.25) is 0 Å². The first-order valence-electron chi connectivity index (χ1n) is 6.00. The van der Waals surface area contributed by atoms with Crippen molar-refractivity contribution in [3.05, 3.63) is 46.4 Å². The van der Waals surface area contributed by atoms with Gasteiger partial charge < -0.3 is 10.1 Å². The average molecular weight is 262 g/mol. The maximum atomic E-state index is 5.16. The molecule has 0 aliphatic heterocycles. The Balaban J connectivity index is 2.00. The molecular weight excluding hydrogens is 244 g/mol. The van der Waals surface area contributed by atoms with Gasteiger partial charge in [-0.15, -0.1) is 11.3 Å². The van der Waals surface area contributed by atoms with Crippen molar-refractivity contribution in [3.8, 4) is 5.75 Å². The van der Waals surface area contributed by atoms with Crippen molar-refractivity contribution in [1.29, 1.82) is 0 Å². The molecule has 0 aliphatic rings. The van der Waals surface area contributed by atoms with Crippen LogP contribution >= 0.6 is 11.3 Å². The van der Waals surface area contributed by atoms with Crippen molar-refractivity contribution in [3.63, 3.8) is 0 Å². The van der Waals surface area contributed by atoms with Gasteiger partial charge in [0, 0.05) is 17.6 Å². The van der Waals surface area contributed by atoms with Crippen molar-refractivity contribution in [2.24, 2.45) is 0 Å². The molecule has 1 aromatic heterocycles. The van der Waals surface area contributed by atoms with Gasteiger partial charge in [0.25, 0.3) is 0 Å². The lowest BCUT2D eigenvalue weighted by molar-refractivity contribution is 0.414. The number of thiazole rings is 1. The Morgan fingerprint density at radius 2 is 1.89 bits per heavy atom. The normalized spacial score (nSPS) is 14.2. The first-order chi connectivity index (χ1) is 8.70. The topological polar surface area (TPSA) is 34.1 Å². The van der Waals surface area contributed by atoms with Crippen LogP contribution in [0.3, 0.4) is 0 Å². The molecule has 0 aliphatic carbocycles. The van der Waals surface area contributed by atoms with Crippen molar-refractivity contribution in [2.45, 2.75) is 25.9 Å². The number of nitrogens with zero attached hydrogens (tertiary/aromatic N) is 1. The van der Waals surface area contributed by atoms with Crippen LogP contribution in [0, 0.1) is 0 Å². The van der Waals surface area contributed by atoms with E-state index in [2.05, 4.69) is 36.3 Å². The molecule has 0 saturated carbocycles. The van der Waals surface area contributed by atoms with E-state index < -0.39 is 0 Å². The Hall–Kier alpha value is -1.39. The molecule has 2 atom stereocenters. The highest BCUT2D eigenvalue weighted by Crippen LogP contribution is 2.22. The number of ether oxygens (including phenoxy) is 1. The summed E-state index contributed by atoms with van der Waals surface area (Å²) in [7, 11) is 1.68. The Morgan fingerprint density at radius 3 is 2.44 bits per heavy atom. The van der Waals surface area contributed by atoms with Gasteiger partial charge >= 0.3 is 0 Å². The van der Waals surface area contributed by atoms with E-state index in [1.165, 1.54) is 5.56 Å². The zero-order chi connectivity index (χ0) is 13.0. The Labute approximate surface area is 112 Å². The highest BCUT2D eigenvalue weighted by atomic mass is 32.1. The van der Waals surface area contributed by atoms with Crippen LogP contribution in [0.5, 0.6) is 5.75 Å². The second-order valence-electron chi connectivity index (χ2n) is 4.25. The molecular formula is C14H18N2OS. The molecule has 0 fully saturated rings. The van der Waals surface area contributed by atoms with Gasteiger partial charge in [0.2, 0.25) is 0 Å². The Bertz CT molecular complexity index is 467. The number of hydrogen-bond donors (Lipinski definition) is 1. The summed E-state index contributed by atoms with van der Waals surface area (Å²) in [5.41, 5.74) is 1.25. The van der Waals surface area contributed by atoms with Crippen LogP contribution in [0.15, 0.2) is 35.8 Å². The second-order valence-corrected chi connectivity index (χ2v) is 5.18. The summed E-state index contributed by atoms with van der Waals surface area (Å²) in [6, 6.07) is 8.70. The first-order valence-corrected chi connectivity index (χ1v) is 6.88. The average Bonchev–Trinajstić information content (AvgIpc) is 2.92. The van der Waals surface area contributed by atoms with Crippen LogP contribution in [0.2, 0.25) is 0 Å². The molecule has 1 aromatic carbocycles. The summed E-state index contributed by atoms with van der Waals surface area (Å²) >= 11 is 1.68. The molecule has 1 unspecified atom stereocenters. The number of rotatable bonds is 5. The van der Waals surface area contributed by atoms with Crippen molar-refractivity contribution in [2.75, 3.05) is 7.11 Å². The molecule has 0 radical (unpaired) electrons. The van der Waals surface area contributed by atoms with Gasteiger partial charge in [-0.25, -0.2) is 4.98 Å². The van der Waals surface area contributed by atoms with E-state index in [0.717, 1.165) is 10.8 Å². The summed E-state index contributed by atoms with van der Waals surface area (Å²) in [6.45, 7) is 4.30. The molecule has 0 bridgehead atoms. The minimum atomic E-state index is 0.266. The molecule has 2 aromatic rings. The van der Waals surface area contributed by atoms with Crippen molar-refractivity contribution < 1.29 is 4.74 Å².